The first-order valence-electron chi connectivity index (χ1n) is 7.39. The Bertz CT molecular complexity index is 455. The number of likely N-dealkylation sites (N-methyl/N-ethyl adjacent to an activating group) is 1. The summed E-state index contributed by atoms with van der Waals surface area (Å²) < 4.78 is 0. The summed E-state index contributed by atoms with van der Waals surface area (Å²) >= 11 is 0. The number of nitrogens with zero attached hydrogens (tertiary/aromatic N) is 3. The summed E-state index contributed by atoms with van der Waals surface area (Å²) in [4.78, 5) is 9.12. The van der Waals surface area contributed by atoms with E-state index in [1.54, 1.807) is 6.20 Å². The van der Waals surface area contributed by atoms with Crippen LogP contribution in [0, 0.1) is 5.41 Å². The molecule has 0 spiro atoms. The summed E-state index contributed by atoms with van der Waals surface area (Å²) in [5.41, 5.74) is 7.25. The maximum absolute atomic E-state index is 7.45. The summed E-state index contributed by atoms with van der Waals surface area (Å²) in [6.07, 6.45) is 2.98. The fourth-order valence-electron chi connectivity index (χ4n) is 2.97. The van der Waals surface area contributed by atoms with Crippen LogP contribution in [0.25, 0.3) is 0 Å². The van der Waals surface area contributed by atoms with Gasteiger partial charge < -0.3 is 5.73 Å². The van der Waals surface area contributed by atoms with E-state index in [1.165, 1.54) is 12.0 Å². The minimum absolute atomic E-state index is 0.0364. The molecule has 1 unspecified atom stereocenters. The molecule has 110 valence electrons. The van der Waals surface area contributed by atoms with Gasteiger partial charge in [0.15, 0.2) is 0 Å². The van der Waals surface area contributed by atoms with Crippen LogP contribution in [-0.4, -0.2) is 52.8 Å². The fourth-order valence-corrected chi connectivity index (χ4v) is 2.97. The first-order chi connectivity index (χ1) is 9.63. The van der Waals surface area contributed by atoms with E-state index < -0.39 is 0 Å². The van der Waals surface area contributed by atoms with E-state index in [0.717, 1.165) is 32.7 Å². The Hall–Kier alpha value is -1.46. The molecular weight excluding hydrogens is 250 g/mol. The molecule has 1 aliphatic rings. The molecular formula is C15H25N5. The number of hydrogen-bond donors (Lipinski definition) is 2. The Kier molecular flexibility index (Phi) is 5.09. The molecule has 0 aromatic carbocycles. The van der Waals surface area contributed by atoms with Crippen molar-refractivity contribution >= 4 is 5.84 Å². The van der Waals surface area contributed by atoms with Gasteiger partial charge in [-0.1, -0.05) is 13.8 Å². The number of nitrogens with one attached hydrogen (secondary N) is 1. The number of likely N-dealkylation sites (tertiary alicyclic amines) is 1. The van der Waals surface area contributed by atoms with E-state index in [1.807, 2.05) is 12.1 Å². The monoisotopic (exact) mass is 275 g/mol. The molecule has 0 saturated carbocycles. The summed E-state index contributed by atoms with van der Waals surface area (Å²) in [5, 5.41) is 7.45. The number of amidine groups is 1. The van der Waals surface area contributed by atoms with Crippen LogP contribution < -0.4 is 5.73 Å². The van der Waals surface area contributed by atoms with E-state index in [0.29, 0.717) is 11.7 Å². The average Bonchev–Trinajstić information content (AvgIpc) is 2.89. The Morgan fingerprint density at radius 3 is 2.90 bits per heavy atom. The van der Waals surface area contributed by atoms with Gasteiger partial charge in [0, 0.05) is 31.9 Å². The maximum atomic E-state index is 7.45. The molecule has 3 N–H and O–H groups in total. The Labute approximate surface area is 121 Å². The number of rotatable bonds is 6. The van der Waals surface area contributed by atoms with E-state index in [9.17, 15) is 0 Å². The van der Waals surface area contributed by atoms with Gasteiger partial charge in [0.1, 0.15) is 11.5 Å². The number of hydrogen-bond acceptors (Lipinski definition) is 4. The molecule has 0 bridgehead atoms. The fraction of sp³-hybridized carbons (Fsp3) is 0.600. The molecule has 2 rings (SSSR count). The molecule has 0 radical (unpaired) electrons. The number of pyridine rings is 1. The average molecular weight is 275 g/mol. The van der Waals surface area contributed by atoms with Crippen LogP contribution in [0.15, 0.2) is 18.3 Å². The van der Waals surface area contributed by atoms with Gasteiger partial charge in [-0.25, -0.2) is 0 Å². The predicted octanol–water partition coefficient (Wildman–Crippen LogP) is 1.28. The first-order valence-corrected chi connectivity index (χ1v) is 7.39. The Morgan fingerprint density at radius 2 is 2.25 bits per heavy atom. The third kappa shape index (κ3) is 3.55. The summed E-state index contributed by atoms with van der Waals surface area (Å²) in [6.45, 7) is 9.89. The van der Waals surface area contributed by atoms with Crippen LogP contribution in [0.1, 0.15) is 31.5 Å². The van der Waals surface area contributed by atoms with Crippen molar-refractivity contribution in [1.82, 2.24) is 14.8 Å². The zero-order valence-electron chi connectivity index (χ0n) is 12.5. The van der Waals surface area contributed by atoms with E-state index >= 15 is 0 Å². The molecule has 0 aliphatic carbocycles. The van der Waals surface area contributed by atoms with Gasteiger partial charge in [-0.15, -0.1) is 0 Å². The normalized spacial score (nSPS) is 19.6. The topological polar surface area (TPSA) is 69.2 Å². The molecule has 20 heavy (non-hydrogen) atoms. The third-order valence-electron chi connectivity index (χ3n) is 4.08. The predicted molar refractivity (Wildman–Crippen MR) is 81.9 cm³/mol. The Morgan fingerprint density at radius 1 is 1.50 bits per heavy atom. The first kappa shape index (κ1) is 14.9. The van der Waals surface area contributed by atoms with Crippen LogP contribution in [0.5, 0.6) is 0 Å². The number of aromatic nitrogens is 1. The molecule has 1 saturated heterocycles. The highest BCUT2D eigenvalue weighted by molar-refractivity contribution is 5.93. The highest BCUT2D eigenvalue weighted by atomic mass is 15.2. The second kappa shape index (κ2) is 6.81. The third-order valence-corrected chi connectivity index (χ3v) is 4.08. The minimum atomic E-state index is 0.0364. The number of nitrogen functional groups attached to an aromatic ring is 1. The number of nitrogens with two attached hydrogens (primary N) is 1. The van der Waals surface area contributed by atoms with Crippen molar-refractivity contribution in [3.8, 4) is 0 Å². The summed E-state index contributed by atoms with van der Waals surface area (Å²) in [6, 6.07) is 4.61. The molecule has 1 fully saturated rings. The van der Waals surface area contributed by atoms with Gasteiger partial charge in [-0.2, -0.15) is 0 Å². The standard InChI is InChI=1S/C15H25N5/c1-3-20(4-2)13-6-8-19(11-13)10-12-5-7-18-14(9-12)15(16)17/h5,7,9,13H,3-4,6,8,10-11H2,1-2H3,(H3,16,17). The van der Waals surface area contributed by atoms with Crippen LogP contribution in [-0.2, 0) is 6.54 Å². The van der Waals surface area contributed by atoms with Gasteiger partial charge in [0.2, 0.25) is 0 Å². The van der Waals surface area contributed by atoms with Crippen molar-refractivity contribution in [2.24, 2.45) is 5.73 Å². The zero-order valence-corrected chi connectivity index (χ0v) is 12.5. The lowest BCUT2D eigenvalue weighted by molar-refractivity contribution is 0.209. The van der Waals surface area contributed by atoms with Crippen LogP contribution in [0.3, 0.4) is 0 Å². The van der Waals surface area contributed by atoms with Crippen LogP contribution in [0.2, 0.25) is 0 Å². The van der Waals surface area contributed by atoms with Gasteiger partial charge in [-0.05, 0) is 37.2 Å². The van der Waals surface area contributed by atoms with Gasteiger partial charge >= 0.3 is 0 Å². The molecule has 5 heteroatoms. The van der Waals surface area contributed by atoms with Gasteiger partial charge in [0.25, 0.3) is 0 Å². The van der Waals surface area contributed by atoms with Crippen molar-refractivity contribution in [3.63, 3.8) is 0 Å². The van der Waals surface area contributed by atoms with Crippen molar-refractivity contribution in [2.75, 3.05) is 26.2 Å². The molecule has 1 atom stereocenters. The van der Waals surface area contributed by atoms with Crippen LogP contribution in [0.4, 0.5) is 0 Å². The van der Waals surface area contributed by atoms with E-state index in [2.05, 4.69) is 28.6 Å². The van der Waals surface area contributed by atoms with Crippen LogP contribution >= 0.6 is 0 Å². The van der Waals surface area contributed by atoms with Crippen molar-refractivity contribution in [3.05, 3.63) is 29.6 Å². The van der Waals surface area contributed by atoms with E-state index in [-0.39, 0.29) is 5.84 Å². The highest BCUT2D eigenvalue weighted by Gasteiger charge is 2.25. The second-order valence-corrected chi connectivity index (χ2v) is 5.36. The quantitative estimate of drug-likeness (QED) is 0.606. The molecule has 0 amide bonds. The maximum Gasteiger partial charge on any atom is 0.141 e. The largest absolute Gasteiger partial charge is 0.382 e. The molecule has 2 heterocycles. The van der Waals surface area contributed by atoms with Gasteiger partial charge in [0.05, 0.1) is 0 Å². The zero-order chi connectivity index (χ0) is 14.5. The van der Waals surface area contributed by atoms with Gasteiger partial charge in [-0.3, -0.25) is 20.2 Å². The summed E-state index contributed by atoms with van der Waals surface area (Å²) in [7, 11) is 0. The van der Waals surface area contributed by atoms with Crippen molar-refractivity contribution < 1.29 is 0 Å². The SMILES string of the molecule is CCN(CC)C1CCN(Cc2ccnc(C(=N)N)c2)C1. The smallest absolute Gasteiger partial charge is 0.141 e. The highest BCUT2D eigenvalue weighted by Crippen LogP contribution is 2.18. The summed E-state index contributed by atoms with van der Waals surface area (Å²) in [5.74, 6) is 0.0364. The Balaban J connectivity index is 1.95. The lowest BCUT2D eigenvalue weighted by Crippen LogP contribution is -2.37. The molecule has 1 aromatic heterocycles. The lowest BCUT2D eigenvalue weighted by Gasteiger charge is -2.26. The van der Waals surface area contributed by atoms with E-state index in [4.69, 9.17) is 11.1 Å². The molecule has 5 nitrogen and oxygen atoms in total. The van der Waals surface area contributed by atoms with Crippen molar-refractivity contribution in [2.45, 2.75) is 32.9 Å². The minimum Gasteiger partial charge on any atom is -0.382 e. The van der Waals surface area contributed by atoms with Crippen molar-refractivity contribution in [1.29, 1.82) is 5.41 Å². The lowest BCUT2D eigenvalue weighted by atomic mass is 10.2. The molecule has 1 aliphatic heterocycles. The second-order valence-electron chi connectivity index (χ2n) is 5.36. The molecule has 1 aromatic rings.